The van der Waals surface area contributed by atoms with Crippen LogP contribution in [0, 0.1) is 18.3 Å². The number of aryl methyl sites for hydroxylation is 1. The van der Waals surface area contributed by atoms with E-state index in [9.17, 15) is 9.90 Å². The number of likely N-dealkylation sites (tertiary alicyclic amines) is 1. The molecule has 1 amide bonds. The number of hydrogen-bond donors (Lipinski definition) is 1. The summed E-state index contributed by atoms with van der Waals surface area (Å²) >= 11 is 0. The summed E-state index contributed by atoms with van der Waals surface area (Å²) in [6.45, 7) is 7.81. The van der Waals surface area contributed by atoms with Gasteiger partial charge >= 0.3 is 0 Å². The quantitative estimate of drug-likeness (QED) is 0.926. The van der Waals surface area contributed by atoms with Gasteiger partial charge in [-0.3, -0.25) is 4.79 Å². The minimum absolute atomic E-state index is 0.00579. The van der Waals surface area contributed by atoms with Gasteiger partial charge in [0.2, 0.25) is 5.91 Å². The average molecular weight is 289 g/mol. The largest absolute Gasteiger partial charge is 0.396 e. The van der Waals surface area contributed by atoms with Crippen molar-refractivity contribution in [2.45, 2.75) is 40.0 Å². The lowest BCUT2D eigenvalue weighted by Crippen LogP contribution is -2.48. The molecule has 2 unspecified atom stereocenters. The van der Waals surface area contributed by atoms with Gasteiger partial charge in [-0.1, -0.05) is 43.7 Å². The third-order valence-corrected chi connectivity index (χ3v) is 4.56. The molecule has 1 N–H and O–H groups in total. The fraction of sp³-hybridized carbons (Fsp3) is 0.611. The predicted molar refractivity (Wildman–Crippen MR) is 85.1 cm³/mol. The summed E-state index contributed by atoms with van der Waals surface area (Å²) in [7, 11) is 0. The Labute approximate surface area is 128 Å². The molecule has 1 saturated heterocycles. The summed E-state index contributed by atoms with van der Waals surface area (Å²) in [5, 5.41) is 9.51. The van der Waals surface area contributed by atoms with Gasteiger partial charge in [0.1, 0.15) is 0 Å². The van der Waals surface area contributed by atoms with Crippen LogP contribution in [0.3, 0.4) is 0 Å². The topological polar surface area (TPSA) is 40.5 Å². The first kappa shape index (κ1) is 16.0. The van der Waals surface area contributed by atoms with Crippen LogP contribution in [0.15, 0.2) is 24.3 Å². The van der Waals surface area contributed by atoms with E-state index in [1.54, 1.807) is 0 Å². The number of aliphatic hydroxyl groups is 1. The monoisotopic (exact) mass is 289 g/mol. The first-order valence-corrected chi connectivity index (χ1v) is 7.89. The molecule has 1 fully saturated rings. The van der Waals surface area contributed by atoms with Gasteiger partial charge in [0.15, 0.2) is 0 Å². The molecule has 1 heterocycles. The average Bonchev–Trinajstić information content (AvgIpc) is 2.49. The summed E-state index contributed by atoms with van der Waals surface area (Å²) in [5.41, 5.74) is 2.33. The Morgan fingerprint density at radius 1 is 1.38 bits per heavy atom. The normalized spacial score (nSPS) is 23.9. The van der Waals surface area contributed by atoms with Gasteiger partial charge in [0, 0.05) is 24.4 Å². The van der Waals surface area contributed by atoms with E-state index in [1.165, 1.54) is 11.1 Å². The Bertz CT molecular complexity index is 482. The SMILES string of the molecule is Cc1ccc(CC(C)C(=O)N2CCCC(C)(CO)C2)cc1. The fourth-order valence-electron chi connectivity index (χ4n) is 3.11. The van der Waals surface area contributed by atoms with Gasteiger partial charge in [-0.2, -0.15) is 0 Å². The Morgan fingerprint density at radius 2 is 2.05 bits per heavy atom. The lowest BCUT2D eigenvalue weighted by Gasteiger charge is -2.40. The van der Waals surface area contributed by atoms with E-state index in [4.69, 9.17) is 0 Å². The molecule has 3 nitrogen and oxygen atoms in total. The van der Waals surface area contributed by atoms with Crippen LogP contribution in [-0.4, -0.2) is 35.6 Å². The second-order valence-electron chi connectivity index (χ2n) is 6.92. The van der Waals surface area contributed by atoms with E-state index < -0.39 is 0 Å². The van der Waals surface area contributed by atoms with E-state index in [-0.39, 0.29) is 23.8 Å². The van der Waals surface area contributed by atoms with Crippen LogP contribution in [-0.2, 0) is 11.2 Å². The number of benzene rings is 1. The van der Waals surface area contributed by atoms with Gasteiger partial charge in [-0.15, -0.1) is 0 Å². The Kier molecular flexibility index (Phi) is 5.04. The maximum atomic E-state index is 12.6. The van der Waals surface area contributed by atoms with E-state index >= 15 is 0 Å². The number of rotatable bonds is 4. The van der Waals surface area contributed by atoms with Crippen LogP contribution in [0.2, 0.25) is 0 Å². The highest BCUT2D eigenvalue weighted by Gasteiger charge is 2.33. The van der Waals surface area contributed by atoms with Gasteiger partial charge < -0.3 is 10.0 Å². The van der Waals surface area contributed by atoms with E-state index in [0.29, 0.717) is 6.54 Å². The highest BCUT2D eigenvalue weighted by molar-refractivity contribution is 5.79. The molecule has 0 radical (unpaired) electrons. The number of carbonyl (C=O) groups excluding carboxylic acids is 1. The number of amides is 1. The van der Waals surface area contributed by atoms with Crippen molar-refractivity contribution in [1.29, 1.82) is 0 Å². The maximum Gasteiger partial charge on any atom is 0.225 e. The van der Waals surface area contributed by atoms with Crippen LogP contribution in [0.1, 0.15) is 37.8 Å². The number of carbonyl (C=O) groups is 1. The van der Waals surface area contributed by atoms with Crippen molar-refractivity contribution < 1.29 is 9.90 Å². The molecule has 0 saturated carbocycles. The number of aliphatic hydroxyl groups excluding tert-OH is 1. The number of piperidine rings is 1. The zero-order valence-electron chi connectivity index (χ0n) is 13.4. The first-order chi connectivity index (χ1) is 9.93. The van der Waals surface area contributed by atoms with Crippen molar-refractivity contribution >= 4 is 5.91 Å². The van der Waals surface area contributed by atoms with Crippen molar-refractivity contribution in [1.82, 2.24) is 4.90 Å². The lowest BCUT2D eigenvalue weighted by molar-refractivity contribution is -0.139. The first-order valence-electron chi connectivity index (χ1n) is 7.89. The molecule has 3 heteroatoms. The summed E-state index contributed by atoms with van der Waals surface area (Å²) in [6, 6.07) is 8.40. The van der Waals surface area contributed by atoms with Gasteiger partial charge in [0.25, 0.3) is 0 Å². The van der Waals surface area contributed by atoms with E-state index in [2.05, 4.69) is 38.1 Å². The minimum atomic E-state index is -0.127. The molecule has 1 aromatic carbocycles. The number of hydrogen-bond acceptors (Lipinski definition) is 2. The molecule has 0 aliphatic carbocycles. The zero-order chi connectivity index (χ0) is 15.5. The van der Waals surface area contributed by atoms with Crippen molar-refractivity contribution in [2.24, 2.45) is 11.3 Å². The highest BCUT2D eigenvalue weighted by Crippen LogP contribution is 2.29. The second-order valence-corrected chi connectivity index (χ2v) is 6.92. The third kappa shape index (κ3) is 4.07. The maximum absolute atomic E-state index is 12.6. The Hall–Kier alpha value is -1.35. The van der Waals surface area contributed by atoms with E-state index in [1.807, 2.05) is 11.8 Å². The summed E-state index contributed by atoms with van der Waals surface area (Å²) in [5.74, 6) is 0.212. The molecular formula is C18H27NO2. The molecular weight excluding hydrogens is 262 g/mol. The minimum Gasteiger partial charge on any atom is -0.396 e. The molecule has 116 valence electrons. The molecule has 0 bridgehead atoms. The van der Waals surface area contributed by atoms with Crippen molar-refractivity contribution in [3.8, 4) is 0 Å². The molecule has 1 aromatic rings. The molecule has 2 rings (SSSR count). The number of nitrogens with zero attached hydrogens (tertiary/aromatic N) is 1. The fourth-order valence-corrected chi connectivity index (χ4v) is 3.11. The van der Waals surface area contributed by atoms with Crippen molar-refractivity contribution in [3.05, 3.63) is 35.4 Å². The van der Waals surface area contributed by atoms with Crippen LogP contribution < -0.4 is 0 Å². The summed E-state index contributed by atoms with van der Waals surface area (Å²) in [4.78, 5) is 14.6. The standard InChI is InChI=1S/C18H27NO2/c1-14-5-7-16(8-6-14)11-15(2)17(21)19-10-4-9-18(3,12-19)13-20/h5-8,15,20H,4,9-13H2,1-3H3. The van der Waals surface area contributed by atoms with Crippen LogP contribution >= 0.6 is 0 Å². The lowest BCUT2D eigenvalue weighted by atomic mass is 9.82. The smallest absolute Gasteiger partial charge is 0.225 e. The molecule has 1 aliphatic heterocycles. The predicted octanol–water partition coefficient (Wildman–Crippen LogP) is 2.79. The van der Waals surface area contributed by atoms with Gasteiger partial charge in [0.05, 0.1) is 6.61 Å². The van der Waals surface area contributed by atoms with Crippen LogP contribution in [0.5, 0.6) is 0 Å². The molecule has 1 aliphatic rings. The van der Waals surface area contributed by atoms with Gasteiger partial charge in [-0.25, -0.2) is 0 Å². The summed E-state index contributed by atoms with van der Waals surface area (Å²) in [6.07, 6.45) is 2.77. The van der Waals surface area contributed by atoms with Gasteiger partial charge in [-0.05, 0) is 31.7 Å². The van der Waals surface area contributed by atoms with Crippen LogP contribution in [0.4, 0.5) is 0 Å². The Morgan fingerprint density at radius 3 is 2.67 bits per heavy atom. The summed E-state index contributed by atoms with van der Waals surface area (Å²) < 4.78 is 0. The molecule has 0 aromatic heterocycles. The Balaban J connectivity index is 1.97. The second kappa shape index (κ2) is 6.61. The zero-order valence-corrected chi connectivity index (χ0v) is 13.4. The molecule has 0 spiro atoms. The van der Waals surface area contributed by atoms with Crippen molar-refractivity contribution in [3.63, 3.8) is 0 Å². The third-order valence-electron chi connectivity index (χ3n) is 4.56. The highest BCUT2D eigenvalue weighted by atomic mass is 16.3. The van der Waals surface area contributed by atoms with Crippen molar-refractivity contribution in [2.75, 3.05) is 19.7 Å². The molecule has 2 atom stereocenters. The van der Waals surface area contributed by atoms with Crippen LogP contribution in [0.25, 0.3) is 0 Å². The molecule has 21 heavy (non-hydrogen) atoms. The van der Waals surface area contributed by atoms with E-state index in [0.717, 1.165) is 25.8 Å².